The van der Waals surface area contributed by atoms with Crippen molar-refractivity contribution in [1.82, 2.24) is 0 Å². The molecule has 41 heavy (non-hydrogen) atoms. The maximum atomic E-state index is 13.0. The third-order valence-electron chi connectivity index (χ3n) is 6.58. The van der Waals surface area contributed by atoms with Gasteiger partial charge < -0.3 is 10.1 Å². The highest BCUT2D eigenvalue weighted by molar-refractivity contribution is 6.44. The third kappa shape index (κ3) is 6.21. The number of rotatable bonds is 8. The molecule has 0 aliphatic carbocycles. The summed E-state index contributed by atoms with van der Waals surface area (Å²) in [7, 11) is 0. The molecule has 4 aromatic rings. The van der Waals surface area contributed by atoms with Crippen LogP contribution in [0.5, 0.6) is 5.75 Å². The zero-order valence-corrected chi connectivity index (χ0v) is 24.3. The Kier molecular flexibility index (Phi) is 8.28. The van der Waals surface area contributed by atoms with Crippen molar-refractivity contribution in [1.29, 1.82) is 0 Å². The molecule has 1 N–H and O–H groups in total. The summed E-state index contributed by atoms with van der Waals surface area (Å²) in [5.41, 5.74) is 4.76. The van der Waals surface area contributed by atoms with Gasteiger partial charge in [-0.1, -0.05) is 59.1 Å². The van der Waals surface area contributed by atoms with Crippen molar-refractivity contribution in [2.75, 3.05) is 15.2 Å². The van der Waals surface area contributed by atoms with E-state index in [-0.39, 0.29) is 24.1 Å². The van der Waals surface area contributed by atoms with E-state index >= 15 is 0 Å². The second kappa shape index (κ2) is 12.0. The lowest BCUT2D eigenvalue weighted by Gasteiger charge is -2.33. The molecule has 0 bridgehead atoms. The molecule has 208 valence electrons. The topological polar surface area (TPSA) is 74.2 Å². The Morgan fingerprint density at radius 2 is 1.59 bits per heavy atom. The summed E-state index contributed by atoms with van der Waals surface area (Å²) in [5, 5.41) is 10.5. The lowest BCUT2D eigenvalue weighted by Crippen LogP contribution is -2.38. The van der Waals surface area contributed by atoms with Crippen molar-refractivity contribution in [2.45, 2.75) is 33.5 Å². The monoisotopic (exact) mass is 586 g/mol. The number of amides is 1. The molecule has 7 nitrogen and oxygen atoms in total. The van der Waals surface area contributed by atoms with E-state index in [9.17, 15) is 9.59 Å². The number of ether oxygens (including phenoxy) is 1. The Balaban J connectivity index is 1.64. The number of hydrazone groups is 1. The maximum absolute atomic E-state index is 13.0. The Hall–Kier alpha value is -4.33. The van der Waals surface area contributed by atoms with Crippen LogP contribution in [0.2, 0.25) is 10.0 Å². The maximum Gasteiger partial charge on any atom is 0.221 e. The Morgan fingerprint density at radius 3 is 2.24 bits per heavy atom. The van der Waals surface area contributed by atoms with E-state index in [4.69, 9.17) is 33.0 Å². The lowest BCUT2D eigenvalue weighted by molar-refractivity contribution is -0.114. The average Bonchev–Trinajstić information content (AvgIpc) is 3.34. The fraction of sp³-hybridized carbons (Fsp3) is 0.156. The van der Waals surface area contributed by atoms with Crippen LogP contribution < -0.4 is 20.0 Å². The molecule has 0 fully saturated rings. The van der Waals surface area contributed by atoms with Crippen LogP contribution in [0.3, 0.4) is 0 Å². The van der Waals surface area contributed by atoms with Crippen LogP contribution in [0.1, 0.15) is 36.7 Å². The largest absolute Gasteiger partial charge is 0.488 e. The van der Waals surface area contributed by atoms with Gasteiger partial charge in [-0.15, -0.1) is 5.10 Å². The number of benzene rings is 4. The number of aryl methyl sites for hydroxylation is 1. The summed E-state index contributed by atoms with van der Waals surface area (Å²) in [5.74, 6) is 0.430. The van der Waals surface area contributed by atoms with Crippen LogP contribution in [-0.4, -0.2) is 17.5 Å². The van der Waals surface area contributed by atoms with E-state index in [1.54, 1.807) is 23.2 Å². The molecular weight excluding hydrogens is 559 g/mol. The van der Waals surface area contributed by atoms with E-state index < -0.39 is 6.17 Å². The molecule has 0 aromatic heterocycles. The number of carbonyl (C=O) groups is 2. The molecule has 0 saturated carbocycles. The molecule has 0 saturated heterocycles. The molecular formula is C32H28Cl2N4O3. The van der Waals surface area contributed by atoms with Gasteiger partial charge in [0.05, 0.1) is 5.69 Å². The average molecular weight is 588 g/mol. The van der Waals surface area contributed by atoms with Crippen molar-refractivity contribution in [3.63, 3.8) is 0 Å². The van der Waals surface area contributed by atoms with E-state index in [1.165, 1.54) is 13.8 Å². The van der Waals surface area contributed by atoms with Gasteiger partial charge in [0.25, 0.3) is 0 Å². The van der Waals surface area contributed by atoms with Crippen LogP contribution in [0.15, 0.2) is 96.1 Å². The highest BCUT2D eigenvalue weighted by Crippen LogP contribution is 2.43. The number of nitrogens with one attached hydrogen (secondary N) is 1. The van der Waals surface area contributed by atoms with Crippen molar-refractivity contribution in [3.8, 4) is 5.75 Å². The normalized spacial score (nSPS) is 14.6. The number of ketones is 1. The first-order valence-electron chi connectivity index (χ1n) is 13.0. The summed E-state index contributed by atoms with van der Waals surface area (Å²) in [6, 6.07) is 28.0. The van der Waals surface area contributed by atoms with Gasteiger partial charge in [-0.25, -0.2) is 5.01 Å². The van der Waals surface area contributed by atoms with Gasteiger partial charge in [0.1, 0.15) is 12.4 Å². The Morgan fingerprint density at radius 1 is 0.902 bits per heavy atom. The van der Waals surface area contributed by atoms with Crippen molar-refractivity contribution in [2.24, 2.45) is 5.10 Å². The number of nitrogens with zero attached hydrogens (tertiary/aromatic N) is 3. The minimum Gasteiger partial charge on any atom is -0.488 e. The SMILES string of the molecule is CC(=O)Nc1ccc(N2C(C(C)=O)=NN(c3ccc(C)cc3)[C@@H]2c2cc(Cl)ccc2OCc2ccccc2Cl)cc1. The summed E-state index contributed by atoms with van der Waals surface area (Å²) < 4.78 is 6.34. The van der Waals surface area contributed by atoms with E-state index in [1.807, 2.05) is 84.6 Å². The standard InChI is InChI=1S/C32H28Cl2N4O3/c1-20-8-13-27(14-9-20)38-32(28-18-24(33)10-17-30(28)41-19-23-6-4-5-7-29(23)34)37(31(36-38)21(2)39)26-15-11-25(12-16-26)35-22(3)40/h4-18,32H,19H2,1-3H3,(H,35,40)/t32-/m1/s1. The van der Waals surface area contributed by atoms with Gasteiger partial charge in [0.2, 0.25) is 5.91 Å². The molecule has 1 heterocycles. The molecule has 1 atom stereocenters. The smallest absolute Gasteiger partial charge is 0.221 e. The summed E-state index contributed by atoms with van der Waals surface area (Å²) in [6.45, 7) is 5.18. The summed E-state index contributed by atoms with van der Waals surface area (Å²) >= 11 is 13.0. The highest BCUT2D eigenvalue weighted by Gasteiger charge is 2.41. The fourth-order valence-electron chi connectivity index (χ4n) is 4.63. The first kappa shape index (κ1) is 28.2. The molecule has 9 heteroatoms. The fourth-order valence-corrected chi connectivity index (χ4v) is 5.00. The van der Waals surface area contributed by atoms with Gasteiger partial charge in [0, 0.05) is 46.4 Å². The zero-order chi connectivity index (χ0) is 29.1. The molecule has 0 unspecified atom stereocenters. The van der Waals surface area contributed by atoms with Crippen LogP contribution in [0, 0.1) is 6.92 Å². The molecule has 1 aliphatic heterocycles. The second-order valence-electron chi connectivity index (χ2n) is 9.69. The molecule has 5 rings (SSSR count). The number of halogens is 2. The van der Waals surface area contributed by atoms with E-state index in [0.29, 0.717) is 32.7 Å². The van der Waals surface area contributed by atoms with E-state index in [0.717, 1.165) is 16.8 Å². The van der Waals surface area contributed by atoms with Gasteiger partial charge in [-0.2, -0.15) is 0 Å². The first-order valence-corrected chi connectivity index (χ1v) is 13.7. The quantitative estimate of drug-likeness (QED) is 0.228. The van der Waals surface area contributed by atoms with Crippen molar-refractivity contribution in [3.05, 3.63) is 118 Å². The second-order valence-corrected chi connectivity index (χ2v) is 10.5. The highest BCUT2D eigenvalue weighted by atomic mass is 35.5. The molecule has 4 aromatic carbocycles. The lowest BCUT2D eigenvalue weighted by atomic mass is 10.1. The van der Waals surface area contributed by atoms with E-state index in [2.05, 4.69) is 5.32 Å². The molecule has 1 aliphatic rings. The number of carbonyl (C=O) groups excluding carboxylic acids is 2. The summed E-state index contributed by atoms with van der Waals surface area (Å²) in [6.07, 6.45) is -0.622. The third-order valence-corrected chi connectivity index (χ3v) is 7.18. The van der Waals surface area contributed by atoms with Gasteiger partial charge in [-0.3, -0.25) is 14.5 Å². The number of anilines is 3. The first-order chi connectivity index (χ1) is 19.7. The predicted molar refractivity (Wildman–Crippen MR) is 165 cm³/mol. The molecule has 1 amide bonds. The number of amidine groups is 1. The van der Waals surface area contributed by atoms with Crippen LogP contribution in [0.4, 0.5) is 17.1 Å². The minimum absolute atomic E-state index is 0.174. The van der Waals surface area contributed by atoms with Crippen LogP contribution in [-0.2, 0) is 16.2 Å². The summed E-state index contributed by atoms with van der Waals surface area (Å²) in [4.78, 5) is 26.5. The van der Waals surface area contributed by atoms with Gasteiger partial charge >= 0.3 is 0 Å². The zero-order valence-electron chi connectivity index (χ0n) is 22.8. The van der Waals surface area contributed by atoms with Gasteiger partial charge in [-0.05, 0) is 67.6 Å². The van der Waals surface area contributed by atoms with Crippen molar-refractivity contribution < 1.29 is 14.3 Å². The predicted octanol–water partition coefficient (Wildman–Crippen LogP) is 7.77. The Labute approximate surface area is 248 Å². The molecule has 0 radical (unpaired) electrons. The number of Topliss-reactive ketones (excluding diaryl/α,β-unsaturated/α-hetero) is 1. The minimum atomic E-state index is -0.622. The van der Waals surface area contributed by atoms with Crippen LogP contribution >= 0.6 is 23.2 Å². The van der Waals surface area contributed by atoms with Crippen LogP contribution in [0.25, 0.3) is 0 Å². The number of hydrogen-bond acceptors (Lipinski definition) is 6. The Bertz CT molecular complexity index is 1620. The molecule has 0 spiro atoms. The van der Waals surface area contributed by atoms with Gasteiger partial charge in [0.15, 0.2) is 17.8 Å². The van der Waals surface area contributed by atoms with Crippen molar-refractivity contribution >= 4 is 57.8 Å². The number of hydrogen-bond donors (Lipinski definition) is 1.